The van der Waals surface area contributed by atoms with Gasteiger partial charge >= 0.3 is 5.97 Å². The monoisotopic (exact) mass is 248 g/mol. The molecule has 1 rings (SSSR count). The second kappa shape index (κ2) is 7.36. The first-order valence-corrected chi connectivity index (χ1v) is 5.49. The van der Waals surface area contributed by atoms with Gasteiger partial charge in [-0.1, -0.05) is 18.1 Å². The highest BCUT2D eigenvalue weighted by Gasteiger charge is 2.08. The molecule has 0 aromatic heterocycles. The number of carbonyl (C=O) groups is 1. The van der Waals surface area contributed by atoms with E-state index < -0.39 is 12.1 Å². The van der Waals surface area contributed by atoms with Crippen LogP contribution in [0.15, 0.2) is 24.3 Å². The van der Waals surface area contributed by atoms with Crippen molar-refractivity contribution in [1.29, 1.82) is 0 Å². The molecule has 0 fully saturated rings. The zero-order valence-electron chi connectivity index (χ0n) is 10.5. The van der Waals surface area contributed by atoms with E-state index in [-0.39, 0.29) is 6.61 Å². The van der Waals surface area contributed by atoms with Gasteiger partial charge in [-0.05, 0) is 17.7 Å². The van der Waals surface area contributed by atoms with Gasteiger partial charge in [0.2, 0.25) is 0 Å². The van der Waals surface area contributed by atoms with E-state index in [1.165, 1.54) is 6.92 Å². The van der Waals surface area contributed by atoms with Gasteiger partial charge < -0.3 is 14.2 Å². The number of hydrogen-bond acceptors (Lipinski definition) is 4. The Morgan fingerprint density at radius 2 is 2.06 bits per heavy atom. The Morgan fingerprint density at radius 3 is 2.56 bits per heavy atom. The summed E-state index contributed by atoms with van der Waals surface area (Å²) in [6, 6.07) is 7.50. The lowest BCUT2D eigenvalue weighted by molar-refractivity contribution is -0.146. The van der Waals surface area contributed by atoms with E-state index in [9.17, 15) is 4.79 Å². The highest BCUT2D eigenvalue weighted by atomic mass is 16.6. The van der Waals surface area contributed by atoms with Crippen LogP contribution in [-0.2, 0) is 20.9 Å². The Kier molecular flexibility index (Phi) is 5.75. The SMILES string of the molecule is C#CC(COCc1ccc(OC)cc1)OC(C)=O. The molecule has 1 aromatic carbocycles. The van der Waals surface area contributed by atoms with Gasteiger partial charge in [-0.15, -0.1) is 6.42 Å². The highest BCUT2D eigenvalue weighted by Crippen LogP contribution is 2.12. The molecule has 0 aliphatic heterocycles. The highest BCUT2D eigenvalue weighted by molar-refractivity contribution is 5.66. The molecule has 4 nitrogen and oxygen atoms in total. The van der Waals surface area contributed by atoms with Crippen molar-refractivity contribution in [1.82, 2.24) is 0 Å². The summed E-state index contributed by atoms with van der Waals surface area (Å²) in [7, 11) is 1.61. The number of ether oxygens (including phenoxy) is 3. The van der Waals surface area contributed by atoms with Crippen LogP contribution >= 0.6 is 0 Å². The molecular formula is C14H16O4. The first kappa shape index (κ1) is 14.1. The van der Waals surface area contributed by atoms with E-state index in [1.54, 1.807) is 7.11 Å². The largest absolute Gasteiger partial charge is 0.497 e. The van der Waals surface area contributed by atoms with Crippen molar-refractivity contribution in [3.05, 3.63) is 29.8 Å². The first-order chi connectivity index (χ1) is 8.65. The van der Waals surface area contributed by atoms with Gasteiger partial charge in [-0.25, -0.2) is 0 Å². The van der Waals surface area contributed by atoms with Crippen molar-refractivity contribution in [3.63, 3.8) is 0 Å². The quantitative estimate of drug-likeness (QED) is 0.568. The minimum Gasteiger partial charge on any atom is -0.497 e. The fraction of sp³-hybridized carbons (Fsp3) is 0.357. The predicted octanol–water partition coefficient (Wildman–Crippen LogP) is 1.78. The van der Waals surface area contributed by atoms with Crippen LogP contribution < -0.4 is 4.74 Å². The van der Waals surface area contributed by atoms with Crippen molar-refractivity contribution >= 4 is 5.97 Å². The zero-order chi connectivity index (χ0) is 13.4. The van der Waals surface area contributed by atoms with Crippen LogP contribution in [0, 0.1) is 12.3 Å². The Morgan fingerprint density at radius 1 is 1.39 bits per heavy atom. The molecule has 0 N–H and O–H groups in total. The smallest absolute Gasteiger partial charge is 0.303 e. The molecule has 96 valence electrons. The van der Waals surface area contributed by atoms with E-state index in [1.807, 2.05) is 24.3 Å². The van der Waals surface area contributed by atoms with Crippen LogP contribution in [0.5, 0.6) is 5.75 Å². The van der Waals surface area contributed by atoms with E-state index >= 15 is 0 Å². The van der Waals surface area contributed by atoms with Gasteiger partial charge in [0.25, 0.3) is 0 Å². The Balaban J connectivity index is 2.36. The fourth-order valence-corrected chi connectivity index (χ4v) is 1.32. The molecular weight excluding hydrogens is 232 g/mol. The second-order valence-corrected chi connectivity index (χ2v) is 3.63. The maximum atomic E-state index is 10.7. The third kappa shape index (κ3) is 4.89. The molecule has 0 radical (unpaired) electrons. The number of esters is 1. The molecule has 4 heteroatoms. The number of methoxy groups -OCH3 is 1. The van der Waals surface area contributed by atoms with Crippen molar-refractivity contribution in [2.45, 2.75) is 19.6 Å². The summed E-state index contributed by atoms with van der Waals surface area (Å²) in [6.45, 7) is 1.90. The molecule has 0 spiro atoms. The molecule has 0 bridgehead atoms. The van der Waals surface area contributed by atoms with Crippen LogP contribution in [0.1, 0.15) is 12.5 Å². The lowest BCUT2D eigenvalue weighted by Gasteiger charge is -2.11. The molecule has 0 saturated carbocycles. The lowest BCUT2D eigenvalue weighted by atomic mass is 10.2. The minimum absolute atomic E-state index is 0.183. The number of rotatable bonds is 6. The minimum atomic E-state index is -0.638. The molecule has 1 unspecified atom stereocenters. The number of terminal acetylenes is 1. The van der Waals surface area contributed by atoms with Gasteiger partial charge in [0, 0.05) is 6.92 Å². The maximum absolute atomic E-state index is 10.7. The van der Waals surface area contributed by atoms with Crippen molar-refractivity contribution in [2.24, 2.45) is 0 Å². The fourth-order valence-electron chi connectivity index (χ4n) is 1.32. The van der Waals surface area contributed by atoms with Gasteiger partial charge in [0.15, 0.2) is 6.10 Å². The predicted molar refractivity (Wildman–Crippen MR) is 67.0 cm³/mol. The lowest BCUT2D eigenvalue weighted by Crippen LogP contribution is -2.20. The van der Waals surface area contributed by atoms with E-state index in [4.69, 9.17) is 20.6 Å². The van der Waals surface area contributed by atoms with Gasteiger partial charge in [-0.3, -0.25) is 4.79 Å². The van der Waals surface area contributed by atoms with Crippen molar-refractivity contribution in [2.75, 3.05) is 13.7 Å². The van der Waals surface area contributed by atoms with E-state index in [2.05, 4.69) is 5.92 Å². The summed E-state index contributed by atoms with van der Waals surface area (Å²) in [4.78, 5) is 10.7. The third-order valence-corrected chi connectivity index (χ3v) is 2.19. The normalized spacial score (nSPS) is 11.4. The average Bonchev–Trinajstić information content (AvgIpc) is 2.38. The van der Waals surface area contributed by atoms with E-state index in [0.29, 0.717) is 6.61 Å². The summed E-state index contributed by atoms with van der Waals surface area (Å²) < 4.78 is 15.3. The topological polar surface area (TPSA) is 44.8 Å². The van der Waals surface area contributed by atoms with Gasteiger partial charge in [-0.2, -0.15) is 0 Å². The maximum Gasteiger partial charge on any atom is 0.303 e. The summed E-state index contributed by atoms with van der Waals surface area (Å²) in [5.74, 6) is 2.73. The molecule has 1 atom stereocenters. The van der Waals surface area contributed by atoms with Gasteiger partial charge in [0.05, 0.1) is 20.3 Å². The van der Waals surface area contributed by atoms with Crippen LogP contribution in [0.3, 0.4) is 0 Å². The van der Waals surface area contributed by atoms with Crippen LogP contribution in [-0.4, -0.2) is 25.8 Å². The van der Waals surface area contributed by atoms with Crippen LogP contribution in [0.2, 0.25) is 0 Å². The molecule has 0 saturated heterocycles. The molecule has 0 aliphatic rings. The summed E-state index contributed by atoms with van der Waals surface area (Å²) in [5.41, 5.74) is 0.995. The number of benzene rings is 1. The molecule has 1 aromatic rings. The van der Waals surface area contributed by atoms with E-state index in [0.717, 1.165) is 11.3 Å². The van der Waals surface area contributed by atoms with Crippen molar-refractivity contribution in [3.8, 4) is 18.1 Å². The molecule has 18 heavy (non-hydrogen) atoms. The zero-order valence-corrected chi connectivity index (χ0v) is 10.5. The Labute approximate surface area is 107 Å². The number of carbonyl (C=O) groups excluding carboxylic acids is 1. The van der Waals surface area contributed by atoms with Crippen LogP contribution in [0.25, 0.3) is 0 Å². The second-order valence-electron chi connectivity index (χ2n) is 3.63. The Hall–Kier alpha value is -1.99. The average molecular weight is 248 g/mol. The van der Waals surface area contributed by atoms with Crippen molar-refractivity contribution < 1.29 is 19.0 Å². The summed E-state index contributed by atoms with van der Waals surface area (Å²) in [6.07, 6.45) is 4.58. The van der Waals surface area contributed by atoms with Gasteiger partial charge in [0.1, 0.15) is 5.75 Å². The van der Waals surface area contributed by atoms with Crippen LogP contribution in [0.4, 0.5) is 0 Å². The summed E-state index contributed by atoms with van der Waals surface area (Å²) in [5, 5.41) is 0. The number of hydrogen-bond donors (Lipinski definition) is 0. The molecule has 0 amide bonds. The first-order valence-electron chi connectivity index (χ1n) is 5.49. The molecule has 0 heterocycles. The standard InChI is InChI=1S/C14H16O4/c1-4-13(18-11(2)15)10-17-9-12-5-7-14(16-3)8-6-12/h1,5-8,13H,9-10H2,2-3H3. The Bertz CT molecular complexity index is 416. The summed E-state index contributed by atoms with van der Waals surface area (Å²) >= 11 is 0. The molecule has 0 aliphatic carbocycles. The third-order valence-electron chi connectivity index (χ3n) is 2.19.